The summed E-state index contributed by atoms with van der Waals surface area (Å²) in [5.41, 5.74) is 5.83. The fourth-order valence-corrected chi connectivity index (χ4v) is 5.39. The van der Waals surface area contributed by atoms with Crippen LogP contribution in [0.4, 0.5) is 15.8 Å². The number of nitrogens with zero attached hydrogens (tertiary/aromatic N) is 3. The molecule has 186 valence electrons. The van der Waals surface area contributed by atoms with Crippen LogP contribution in [0.5, 0.6) is 0 Å². The molecular formula is C28H23FN4O3S. The Hall–Kier alpha value is -3.92. The summed E-state index contributed by atoms with van der Waals surface area (Å²) < 4.78 is 16.4. The van der Waals surface area contributed by atoms with Gasteiger partial charge in [0.15, 0.2) is 0 Å². The maximum Gasteiger partial charge on any atom is 0.254 e. The Balaban J connectivity index is 1.28. The van der Waals surface area contributed by atoms with Gasteiger partial charge in [0.2, 0.25) is 0 Å². The summed E-state index contributed by atoms with van der Waals surface area (Å²) in [6, 6.07) is 17.9. The molecule has 0 aliphatic carbocycles. The van der Waals surface area contributed by atoms with E-state index in [9.17, 15) is 15.0 Å². The van der Waals surface area contributed by atoms with Crippen LogP contribution in [0.25, 0.3) is 32.2 Å². The second-order valence-corrected chi connectivity index (χ2v) is 10.3. The predicted molar refractivity (Wildman–Crippen MR) is 143 cm³/mol. The molecule has 0 unspecified atom stereocenters. The Bertz CT molecular complexity index is 1640. The Labute approximate surface area is 215 Å². The van der Waals surface area contributed by atoms with Gasteiger partial charge >= 0.3 is 0 Å². The maximum absolute atomic E-state index is 15.2. The van der Waals surface area contributed by atoms with Crippen molar-refractivity contribution in [2.45, 2.75) is 0 Å². The molecular weight excluding hydrogens is 491 g/mol. The Morgan fingerprint density at radius 1 is 1.00 bits per heavy atom. The molecule has 1 fully saturated rings. The number of halogens is 1. The van der Waals surface area contributed by atoms with Gasteiger partial charge in [-0.1, -0.05) is 12.1 Å². The van der Waals surface area contributed by atoms with Gasteiger partial charge in [-0.3, -0.25) is 9.78 Å². The summed E-state index contributed by atoms with van der Waals surface area (Å²) >= 11 is 1.59. The molecule has 1 aliphatic heterocycles. The van der Waals surface area contributed by atoms with Crippen LogP contribution in [0.3, 0.4) is 0 Å². The zero-order valence-electron chi connectivity index (χ0n) is 19.7. The van der Waals surface area contributed by atoms with Gasteiger partial charge in [-0.05, 0) is 54.1 Å². The monoisotopic (exact) mass is 514 g/mol. The lowest BCUT2D eigenvalue weighted by molar-refractivity contribution is -0.0589. The smallest absolute Gasteiger partial charge is 0.254 e. The molecule has 0 saturated carbocycles. The molecule has 0 atom stereocenters. The molecule has 37 heavy (non-hydrogen) atoms. The average Bonchev–Trinajstić information content (AvgIpc) is 3.36. The minimum atomic E-state index is -0.676. The van der Waals surface area contributed by atoms with E-state index in [1.54, 1.807) is 29.7 Å². The summed E-state index contributed by atoms with van der Waals surface area (Å²) in [5, 5.41) is 23.2. The summed E-state index contributed by atoms with van der Waals surface area (Å²) in [4.78, 5) is 23.1. The summed E-state index contributed by atoms with van der Waals surface area (Å²) in [6.45, 7) is 0.0809. The van der Waals surface area contributed by atoms with Crippen LogP contribution in [0.2, 0.25) is 0 Å². The number of carbonyl (C=O) groups excluding carboxylic acids is 1. The molecule has 0 radical (unpaired) electrons. The quantitative estimate of drug-likeness (QED) is 0.301. The average molecular weight is 515 g/mol. The highest BCUT2D eigenvalue weighted by atomic mass is 32.1. The number of likely N-dealkylation sites (tertiary alicyclic amines) is 1. The fraction of sp³-hybridized carbons (Fsp3) is 0.179. The minimum Gasteiger partial charge on any atom is -0.396 e. The van der Waals surface area contributed by atoms with E-state index in [0.717, 1.165) is 32.5 Å². The third-order valence-electron chi connectivity index (χ3n) is 6.89. The van der Waals surface area contributed by atoms with Crippen molar-refractivity contribution >= 4 is 49.7 Å². The molecule has 2 aromatic heterocycles. The van der Waals surface area contributed by atoms with Gasteiger partial charge in [0.1, 0.15) is 5.82 Å². The highest BCUT2D eigenvalue weighted by Crippen LogP contribution is 2.34. The van der Waals surface area contributed by atoms with Crippen LogP contribution in [-0.4, -0.2) is 57.3 Å². The molecule has 0 bridgehead atoms. The molecule has 5 aromatic rings. The van der Waals surface area contributed by atoms with E-state index in [-0.39, 0.29) is 37.8 Å². The highest BCUT2D eigenvalue weighted by Gasteiger charge is 2.44. The Morgan fingerprint density at radius 2 is 1.84 bits per heavy atom. The Kier molecular flexibility index (Phi) is 5.83. The van der Waals surface area contributed by atoms with E-state index >= 15 is 4.39 Å². The van der Waals surface area contributed by atoms with Crippen LogP contribution < -0.4 is 5.32 Å². The number of amides is 1. The lowest BCUT2D eigenvalue weighted by atomic mass is 9.81. The summed E-state index contributed by atoms with van der Waals surface area (Å²) in [7, 11) is 0. The van der Waals surface area contributed by atoms with Crippen molar-refractivity contribution in [3.8, 4) is 11.1 Å². The first-order chi connectivity index (χ1) is 18.0. The van der Waals surface area contributed by atoms with Crippen molar-refractivity contribution in [2.75, 3.05) is 31.6 Å². The van der Waals surface area contributed by atoms with Gasteiger partial charge in [-0.25, -0.2) is 9.37 Å². The molecule has 3 heterocycles. The zero-order chi connectivity index (χ0) is 25.6. The van der Waals surface area contributed by atoms with E-state index in [0.29, 0.717) is 11.1 Å². The number of rotatable bonds is 6. The van der Waals surface area contributed by atoms with E-state index in [2.05, 4.69) is 15.3 Å². The largest absolute Gasteiger partial charge is 0.396 e. The van der Waals surface area contributed by atoms with Crippen LogP contribution in [-0.2, 0) is 0 Å². The van der Waals surface area contributed by atoms with Gasteiger partial charge in [-0.15, -0.1) is 11.3 Å². The first-order valence-electron chi connectivity index (χ1n) is 11.8. The maximum atomic E-state index is 15.2. The molecule has 9 heteroatoms. The normalized spacial score (nSPS) is 14.6. The van der Waals surface area contributed by atoms with Gasteiger partial charge in [-0.2, -0.15) is 0 Å². The molecule has 6 rings (SSSR count). The molecule has 3 aromatic carbocycles. The van der Waals surface area contributed by atoms with E-state index in [1.165, 1.54) is 11.0 Å². The SMILES string of the molecule is O=C(c1ccc(-c2ccc3nccc(Nc4ccc5scnc5c4)c3c2)c(F)c1)N1CC(CO)(CO)C1. The number of aromatic nitrogens is 2. The van der Waals surface area contributed by atoms with Crippen LogP contribution in [0.15, 0.2) is 72.4 Å². The van der Waals surface area contributed by atoms with Gasteiger partial charge in [0, 0.05) is 47.2 Å². The molecule has 0 spiro atoms. The predicted octanol–water partition coefficient (Wildman–Crippen LogP) is 4.82. The number of hydrogen-bond acceptors (Lipinski definition) is 7. The third-order valence-corrected chi connectivity index (χ3v) is 7.70. The number of nitrogens with one attached hydrogen (secondary N) is 1. The number of hydrogen-bond donors (Lipinski definition) is 3. The van der Waals surface area contributed by atoms with E-state index in [1.807, 2.05) is 48.0 Å². The molecule has 1 amide bonds. The third kappa shape index (κ3) is 4.21. The minimum absolute atomic E-state index is 0.201. The zero-order valence-corrected chi connectivity index (χ0v) is 20.5. The molecule has 7 nitrogen and oxygen atoms in total. The number of aliphatic hydroxyl groups excluding tert-OH is 2. The van der Waals surface area contributed by atoms with Gasteiger partial charge in [0.05, 0.1) is 39.9 Å². The first kappa shape index (κ1) is 23.5. The lowest BCUT2D eigenvalue weighted by Crippen LogP contribution is -2.62. The Morgan fingerprint density at radius 3 is 2.62 bits per heavy atom. The van der Waals surface area contributed by atoms with E-state index < -0.39 is 11.2 Å². The molecule has 3 N–H and O–H groups in total. The topological polar surface area (TPSA) is 98.6 Å². The number of pyridine rings is 1. The number of aliphatic hydroxyl groups is 2. The van der Waals surface area contributed by atoms with Crippen molar-refractivity contribution in [2.24, 2.45) is 5.41 Å². The van der Waals surface area contributed by atoms with Crippen molar-refractivity contribution in [3.63, 3.8) is 0 Å². The first-order valence-corrected chi connectivity index (χ1v) is 12.7. The van der Waals surface area contributed by atoms with Gasteiger partial charge in [0.25, 0.3) is 5.91 Å². The summed E-state index contributed by atoms with van der Waals surface area (Å²) in [6.07, 6.45) is 1.73. The van der Waals surface area contributed by atoms with Crippen molar-refractivity contribution in [3.05, 3.63) is 83.8 Å². The number of fused-ring (bicyclic) bond motifs is 2. The van der Waals surface area contributed by atoms with Crippen LogP contribution >= 0.6 is 11.3 Å². The lowest BCUT2D eigenvalue weighted by Gasteiger charge is -2.48. The fourth-order valence-electron chi connectivity index (χ4n) is 4.74. The molecule has 1 aliphatic rings. The second-order valence-electron chi connectivity index (χ2n) is 9.42. The number of thiazole rings is 1. The second kappa shape index (κ2) is 9.19. The standard InChI is InChI=1S/C28H23FN4O3S/c29-22-10-18(27(36)33-12-28(13-33,14-34)15-35)1-4-20(22)17-2-5-23-21(9-17)24(7-8-30-23)32-19-3-6-26-25(11-19)31-16-37-26/h1-11,16,34-35H,12-15H2,(H,30,32). The van der Waals surface area contributed by atoms with Crippen molar-refractivity contribution in [1.29, 1.82) is 0 Å². The van der Waals surface area contributed by atoms with Crippen molar-refractivity contribution < 1.29 is 19.4 Å². The van der Waals surface area contributed by atoms with Crippen LogP contribution in [0, 0.1) is 11.2 Å². The number of benzene rings is 3. The summed E-state index contributed by atoms with van der Waals surface area (Å²) in [5.74, 6) is -0.831. The number of carbonyl (C=O) groups is 1. The number of anilines is 2. The molecule has 1 saturated heterocycles. The van der Waals surface area contributed by atoms with Crippen molar-refractivity contribution in [1.82, 2.24) is 14.9 Å². The van der Waals surface area contributed by atoms with Crippen LogP contribution in [0.1, 0.15) is 10.4 Å². The highest BCUT2D eigenvalue weighted by molar-refractivity contribution is 7.16. The van der Waals surface area contributed by atoms with E-state index in [4.69, 9.17) is 0 Å². The van der Waals surface area contributed by atoms with Gasteiger partial charge < -0.3 is 20.4 Å².